The van der Waals surface area contributed by atoms with E-state index in [0.29, 0.717) is 24.7 Å². The highest BCUT2D eigenvalue weighted by Crippen LogP contribution is 2.31. The Morgan fingerprint density at radius 1 is 1.36 bits per heavy atom. The summed E-state index contributed by atoms with van der Waals surface area (Å²) in [4.78, 5) is 4.26. The van der Waals surface area contributed by atoms with Crippen molar-refractivity contribution in [2.45, 2.75) is 17.2 Å². The van der Waals surface area contributed by atoms with E-state index in [2.05, 4.69) is 20.9 Å². The summed E-state index contributed by atoms with van der Waals surface area (Å²) in [6.07, 6.45) is 1.36. The molecule has 0 radical (unpaired) electrons. The van der Waals surface area contributed by atoms with Gasteiger partial charge < -0.3 is 4.74 Å². The maximum atomic E-state index is 12.7. The number of benzene rings is 1. The van der Waals surface area contributed by atoms with Crippen molar-refractivity contribution in [1.82, 2.24) is 9.29 Å². The molecule has 0 amide bonds. The van der Waals surface area contributed by atoms with Crippen LogP contribution in [0.2, 0.25) is 0 Å². The molecular weight excluding hydrogens is 388 g/mol. The predicted molar refractivity (Wildman–Crippen MR) is 89.4 cm³/mol. The van der Waals surface area contributed by atoms with Crippen LogP contribution in [0.5, 0.6) is 0 Å². The molecule has 2 heterocycles. The summed E-state index contributed by atoms with van der Waals surface area (Å²) in [6.45, 7) is 3.08. The first-order valence-corrected chi connectivity index (χ1v) is 9.85. The molecule has 1 unspecified atom stereocenters. The number of nitrogens with zero attached hydrogens (tertiary/aromatic N) is 2. The summed E-state index contributed by atoms with van der Waals surface area (Å²) < 4.78 is 33.5. The van der Waals surface area contributed by atoms with Gasteiger partial charge in [-0.05, 0) is 19.1 Å². The molecule has 1 atom stereocenters. The molecule has 3 rings (SSSR count). The number of morpholine rings is 1. The van der Waals surface area contributed by atoms with Gasteiger partial charge in [-0.25, -0.2) is 13.4 Å². The van der Waals surface area contributed by atoms with Gasteiger partial charge in [0, 0.05) is 23.1 Å². The molecule has 8 heteroatoms. The standard InChI is InChI=1S/C14H15BrN2O3S2/c1-10-9-17(6-7-20-10)22(18,19)13-8-16-14(21-13)11-2-4-12(15)5-3-11/h2-5,8,10H,6-7,9H2,1H3. The minimum Gasteiger partial charge on any atom is -0.376 e. The number of hydrogen-bond acceptors (Lipinski definition) is 5. The molecule has 0 spiro atoms. The molecular formula is C14H15BrN2O3S2. The van der Waals surface area contributed by atoms with Crippen LogP contribution in [0.1, 0.15) is 6.92 Å². The molecule has 22 heavy (non-hydrogen) atoms. The molecule has 1 saturated heterocycles. The predicted octanol–water partition coefficient (Wildman–Crippen LogP) is 2.98. The van der Waals surface area contributed by atoms with Crippen molar-refractivity contribution < 1.29 is 13.2 Å². The maximum absolute atomic E-state index is 12.7. The van der Waals surface area contributed by atoms with Gasteiger partial charge >= 0.3 is 0 Å². The second kappa shape index (κ2) is 6.37. The molecule has 118 valence electrons. The van der Waals surface area contributed by atoms with Crippen LogP contribution in [0.3, 0.4) is 0 Å². The molecule has 0 N–H and O–H groups in total. The highest BCUT2D eigenvalue weighted by atomic mass is 79.9. The number of halogens is 1. The third-order valence-electron chi connectivity index (χ3n) is 3.37. The maximum Gasteiger partial charge on any atom is 0.254 e. The van der Waals surface area contributed by atoms with Gasteiger partial charge in [0.05, 0.1) is 18.9 Å². The van der Waals surface area contributed by atoms with Gasteiger partial charge in [0.25, 0.3) is 10.0 Å². The molecule has 1 fully saturated rings. The Morgan fingerprint density at radius 3 is 2.77 bits per heavy atom. The molecule has 5 nitrogen and oxygen atoms in total. The Morgan fingerprint density at radius 2 is 2.09 bits per heavy atom. The van der Waals surface area contributed by atoms with E-state index in [0.717, 1.165) is 10.0 Å². The summed E-state index contributed by atoms with van der Waals surface area (Å²) >= 11 is 4.58. The Labute approximate surface area is 142 Å². The molecule has 0 aliphatic carbocycles. The largest absolute Gasteiger partial charge is 0.376 e. The zero-order chi connectivity index (χ0) is 15.7. The van der Waals surface area contributed by atoms with Crippen LogP contribution in [-0.2, 0) is 14.8 Å². The first kappa shape index (κ1) is 16.1. The number of ether oxygens (including phenoxy) is 1. The van der Waals surface area contributed by atoms with Crippen molar-refractivity contribution in [1.29, 1.82) is 0 Å². The van der Waals surface area contributed by atoms with Crippen LogP contribution in [0.4, 0.5) is 0 Å². The van der Waals surface area contributed by atoms with Crippen molar-refractivity contribution >= 4 is 37.3 Å². The smallest absolute Gasteiger partial charge is 0.254 e. The lowest BCUT2D eigenvalue weighted by molar-refractivity contribution is 0.0102. The van der Waals surface area contributed by atoms with Gasteiger partial charge in [-0.2, -0.15) is 4.31 Å². The van der Waals surface area contributed by atoms with Crippen molar-refractivity contribution in [3.63, 3.8) is 0 Å². The Bertz CT molecular complexity index is 759. The monoisotopic (exact) mass is 402 g/mol. The van der Waals surface area contributed by atoms with Crippen molar-refractivity contribution in [3.8, 4) is 10.6 Å². The highest BCUT2D eigenvalue weighted by molar-refractivity contribution is 9.10. The van der Waals surface area contributed by atoms with E-state index in [1.54, 1.807) is 0 Å². The second-order valence-electron chi connectivity index (χ2n) is 5.04. The average molecular weight is 403 g/mol. The fourth-order valence-electron chi connectivity index (χ4n) is 2.24. The minimum atomic E-state index is -3.49. The first-order valence-electron chi connectivity index (χ1n) is 6.80. The first-order chi connectivity index (χ1) is 10.5. The Balaban J connectivity index is 1.87. The lowest BCUT2D eigenvalue weighted by atomic mass is 10.2. The van der Waals surface area contributed by atoms with Crippen molar-refractivity contribution in [3.05, 3.63) is 34.9 Å². The molecule has 1 aromatic carbocycles. The van der Waals surface area contributed by atoms with Crippen LogP contribution in [0.15, 0.2) is 39.1 Å². The average Bonchev–Trinajstić information content (AvgIpc) is 2.98. The summed E-state index contributed by atoms with van der Waals surface area (Å²) in [5, 5.41) is 0.701. The highest BCUT2D eigenvalue weighted by Gasteiger charge is 2.30. The molecule has 1 aliphatic heterocycles. The Hall–Kier alpha value is -0.800. The number of thiazole rings is 1. The number of sulfonamides is 1. The fourth-order valence-corrected chi connectivity index (χ4v) is 5.29. The summed E-state index contributed by atoms with van der Waals surface area (Å²) in [7, 11) is -3.49. The van der Waals surface area contributed by atoms with E-state index in [1.165, 1.54) is 21.8 Å². The van der Waals surface area contributed by atoms with Gasteiger partial charge in [-0.1, -0.05) is 28.1 Å². The van der Waals surface area contributed by atoms with Crippen LogP contribution < -0.4 is 0 Å². The van der Waals surface area contributed by atoms with Crippen molar-refractivity contribution in [2.75, 3.05) is 19.7 Å². The van der Waals surface area contributed by atoms with Crippen LogP contribution in [0.25, 0.3) is 10.6 Å². The summed E-state index contributed by atoms with van der Waals surface area (Å²) in [6, 6.07) is 7.65. The molecule has 0 saturated carbocycles. The van der Waals surface area contributed by atoms with E-state index in [-0.39, 0.29) is 10.3 Å². The summed E-state index contributed by atoms with van der Waals surface area (Å²) in [5.74, 6) is 0. The molecule has 0 bridgehead atoms. The normalized spacial score (nSPS) is 20.2. The van der Waals surface area contributed by atoms with Gasteiger partial charge in [0.2, 0.25) is 0 Å². The number of aromatic nitrogens is 1. The van der Waals surface area contributed by atoms with Crippen LogP contribution in [0, 0.1) is 0 Å². The number of rotatable bonds is 3. The van der Waals surface area contributed by atoms with Gasteiger partial charge in [0.1, 0.15) is 5.01 Å². The number of hydrogen-bond donors (Lipinski definition) is 0. The van der Waals surface area contributed by atoms with E-state index in [1.807, 2.05) is 31.2 Å². The van der Waals surface area contributed by atoms with E-state index in [4.69, 9.17) is 4.74 Å². The van der Waals surface area contributed by atoms with E-state index in [9.17, 15) is 8.42 Å². The minimum absolute atomic E-state index is 0.0811. The van der Waals surface area contributed by atoms with Crippen LogP contribution >= 0.6 is 27.3 Å². The quantitative estimate of drug-likeness (QED) is 0.791. The fraction of sp³-hybridized carbons (Fsp3) is 0.357. The second-order valence-corrected chi connectivity index (χ2v) is 9.15. The molecule has 1 aliphatic rings. The summed E-state index contributed by atoms with van der Waals surface area (Å²) in [5.41, 5.74) is 0.907. The molecule has 2 aromatic rings. The zero-order valence-corrected chi connectivity index (χ0v) is 15.1. The Kier molecular flexibility index (Phi) is 4.65. The third-order valence-corrected chi connectivity index (χ3v) is 7.25. The SMILES string of the molecule is CC1CN(S(=O)(=O)c2cnc(-c3ccc(Br)cc3)s2)CCO1. The van der Waals surface area contributed by atoms with Gasteiger partial charge in [0.15, 0.2) is 4.21 Å². The van der Waals surface area contributed by atoms with Gasteiger partial charge in [-0.3, -0.25) is 0 Å². The van der Waals surface area contributed by atoms with E-state index < -0.39 is 10.0 Å². The van der Waals surface area contributed by atoms with E-state index >= 15 is 0 Å². The van der Waals surface area contributed by atoms with Crippen molar-refractivity contribution in [2.24, 2.45) is 0 Å². The topological polar surface area (TPSA) is 59.5 Å². The zero-order valence-electron chi connectivity index (χ0n) is 11.9. The lowest BCUT2D eigenvalue weighted by Crippen LogP contribution is -2.44. The lowest BCUT2D eigenvalue weighted by Gasteiger charge is -2.29. The van der Waals surface area contributed by atoms with Gasteiger partial charge in [-0.15, -0.1) is 11.3 Å². The third kappa shape index (κ3) is 3.26. The molecule has 1 aromatic heterocycles. The van der Waals surface area contributed by atoms with Crippen LogP contribution in [-0.4, -0.2) is 43.5 Å².